The van der Waals surface area contributed by atoms with E-state index in [1.807, 2.05) is 0 Å². The molecule has 3 atom stereocenters. The number of nitrogens with zero attached hydrogens (tertiary/aromatic N) is 5. The number of tetrazole rings is 1. The first-order valence-electron chi connectivity index (χ1n) is 14.2. The molecule has 2 aromatic heterocycles. The van der Waals surface area contributed by atoms with Crippen LogP contribution in [-0.4, -0.2) is 103 Å². The predicted octanol–water partition coefficient (Wildman–Crippen LogP) is -0.0171. The third kappa shape index (κ3) is 6.37. The molecule has 1 fully saturated rings. The van der Waals surface area contributed by atoms with Crippen LogP contribution in [0.3, 0.4) is 0 Å². The minimum absolute atomic E-state index is 0.0145. The van der Waals surface area contributed by atoms with Crippen molar-refractivity contribution in [2.75, 3.05) is 11.5 Å². The fourth-order valence-corrected chi connectivity index (χ4v) is 7.56. The lowest BCUT2D eigenvalue weighted by Crippen LogP contribution is -2.71. The molecule has 6 rings (SSSR count). The summed E-state index contributed by atoms with van der Waals surface area (Å²) >= 11 is 2.15. The quantitative estimate of drug-likeness (QED) is 0.0607. The summed E-state index contributed by atoms with van der Waals surface area (Å²) in [6.45, 7) is -0.514. The number of hydrogen-bond acceptors (Lipinski definition) is 15. The van der Waals surface area contributed by atoms with Crippen LogP contribution >= 0.6 is 23.5 Å². The van der Waals surface area contributed by atoms with Gasteiger partial charge in [0.05, 0.1) is 5.39 Å². The van der Waals surface area contributed by atoms with Crippen LogP contribution < -0.4 is 16.1 Å². The molecule has 2 aliphatic rings. The van der Waals surface area contributed by atoms with E-state index in [4.69, 9.17) is 9.52 Å². The summed E-state index contributed by atoms with van der Waals surface area (Å²) in [6.07, 6.45) is 0.816. The molecule has 3 unspecified atom stereocenters. The van der Waals surface area contributed by atoms with Gasteiger partial charge in [-0.1, -0.05) is 23.9 Å². The summed E-state index contributed by atoms with van der Waals surface area (Å²) in [4.78, 5) is 77.9. The molecule has 258 valence electrons. The number of benzene rings is 2. The zero-order chi connectivity index (χ0) is 35.9. The van der Waals surface area contributed by atoms with Gasteiger partial charge in [0.15, 0.2) is 11.5 Å². The molecule has 21 heteroatoms. The van der Waals surface area contributed by atoms with Crippen molar-refractivity contribution in [3.05, 3.63) is 75.3 Å². The number of phenolic OH excluding ortho intramolecular Hbond substituents is 3. The summed E-state index contributed by atoms with van der Waals surface area (Å²) in [5, 5.41) is 63.2. The van der Waals surface area contributed by atoms with Crippen LogP contribution in [0.5, 0.6) is 17.2 Å². The Labute approximate surface area is 286 Å². The second-order valence-electron chi connectivity index (χ2n) is 10.8. The van der Waals surface area contributed by atoms with Crippen molar-refractivity contribution in [2.45, 2.75) is 29.2 Å². The molecule has 19 nitrogen and oxygen atoms in total. The highest BCUT2D eigenvalue weighted by atomic mass is 32.2. The van der Waals surface area contributed by atoms with E-state index in [2.05, 4.69) is 26.2 Å². The lowest BCUT2D eigenvalue weighted by molar-refractivity contribution is -0.151. The minimum atomic E-state index is -1.53. The van der Waals surface area contributed by atoms with Crippen molar-refractivity contribution < 1.29 is 53.9 Å². The van der Waals surface area contributed by atoms with Gasteiger partial charge in [0.25, 0.3) is 11.8 Å². The SMILES string of the molecule is O=C(O)Cn1nnnc1SCC1=C(C(=O)O)N2C(=O)C(NC(=O)C(NC(=O)c3coc4cc(O)c(O)cc4c3=O)c3ccc(O)cc3)C2SC1. The van der Waals surface area contributed by atoms with E-state index in [0.717, 1.165) is 51.5 Å². The van der Waals surface area contributed by atoms with Gasteiger partial charge in [-0.15, -0.1) is 16.9 Å². The molecule has 4 heterocycles. The van der Waals surface area contributed by atoms with Gasteiger partial charge >= 0.3 is 11.9 Å². The van der Waals surface area contributed by atoms with E-state index < -0.39 is 76.2 Å². The molecular formula is C29H23N7O12S2. The number of amides is 3. The van der Waals surface area contributed by atoms with E-state index in [1.165, 1.54) is 24.3 Å². The number of phenols is 3. The monoisotopic (exact) mass is 725 g/mol. The summed E-state index contributed by atoms with van der Waals surface area (Å²) in [6, 6.07) is 4.32. The first kappa shape index (κ1) is 33.8. The molecule has 4 aromatic rings. The Balaban J connectivity index is 1.21. The second-order valence-corrected chi connectivity index (χ2v) is 12.8. The maximum absolute atomic E-state index is 13.7. The number of nitrogens with one attached hydrogen (secondary N) is 2. The van der Waals surface area contributed by atoms with Crippen LogP contribution in [0, 0.1) is 0 Å². The third-order valence-corrected chi connectivity index (χ3v) is 9.97. The van der Waals surface area contributed by atoms with Gasteiger partial charge in [-0.05, 0) is 39.8 Å². The normalized spacial score (nSPS) is 17.5. The van der Waals surface area contributed by atoms with E-state index in [9.17, 15) is 49.2 Å². The minimum Gasteiger partial charge on any atom is -0.508 e. The standard InChI is InChI=1S/C29H23N7O12S2/c37-13-3-1-11(2-4-13)20(30-24(43)15-8-48-18-6-17(39)16(38)5-14(18)23(15)42)25(44)31-21-26(45)36-22(28(46)47)12(9-49-27(21)36)10-50-29-32-33-34-35(29)7-19(40)41/h1-6,8,20-21,27,37-39H,7,9-10H2,(H,30,43)(H,31,44)(H,40,41)(H,46,47). The zero-order valence-corrected chi connectivity index (χ0v) is 26.7. The average Bonchev–Trinajstić information content (AvgIpc) is 3.51. The highest BCUT2D eigenvalue weighted by Gasteiger charge is 2.54. The van der Waals surface area contributed by atoms with Crippen molar-refractivity contribution in [1.29, 1.82) is 0 Å². The first-order chi connectivity index (χ1) is 23.8. The number of thioether (sulfide) groups is 2. The van der Waals surface area contributed by atoms with Crippen LogP contribution in [0.25, 0.3) is 11.0 Å². The third-order valence-electron chi connectivity index (χ3n) is 7.59. The number of carboxylic acid groups (broad SMARTS) is 2. The van der Waals surface area contributed by atoms with Crippen molar-refractivity contribution in [3.63, 3.8) is 0 Å². The molecule has 0 radical (unpaired) electrons. The van der Waals surface area contributed by atoms with Crippen molar-refractivity contribution in [1.82, 2.24) is 35.7 Å². The van der Waals surface area contributed by atoms with Gasteiger partial charge in [0, 0.05) is 17.6 Å². The lowest BCUT2D eigenvalue weighted by Gasteiger charge is -2.49. The van der Waals surface area contributed by atoms with Crippen LogP contribution in [-0.2, 0) is 25.7 Å². The molecule has 50 heavy (non-hydrogen) atoms. The fraction of sp³-hybridized carbons (Fsp3) is 0.207. The maximum Gasteiger partial charge on any atom is 0.352 e. The highest BCUT2D eigenvalue weighted by molar-refractivity contribution is 8.01. The number of carbonyl (C=O) groups excluding carboxylic acids is 3. The van der Waals surface area contributed by atoms with E-state index in [-0.39, 0.29) is 44.6 Å². The van der Waals surface area contributed by atoms with Gasteiger partial charge in [-0.3, -0.25) is 28.9 Å². The van der Waals surface area contributed by atoms with Crippen LogP contribution in [0.15, 0.2) is 68.3 Å². The topological polar surface area (TPSA) is 288 Å². The van der Waals surface area contributed by atoms with Crippen molar-refractivity contribution in [2.24, 2.45) is 0 Å². The summed E-state index contributed by atoms with van der Waals surface area (Å²) in [5.74, 6) is -6.51. The Kier molecular flexibility index (Phi) is 9.08. The second kappa shape index (κ2) is 13.4. The number of aliphatic carboxylic acids is 2. The van der Waals surface area contributed by atoms with Gasteiger partial charge in [0.2, 0.25) is 16.5 Å². The van der Waals surface area contributed by atoms with Crippen LogP contribution in [0.4, 0.5) is 0 Å². The molecule has 2 aliphatic heterocycles. The molecular weight excluding hydrogens is 702 g/mol. The number of rotatable bonds is 11. The number of aromatic nitrogens is 4. The van der Waals surface area contributed by atoms with Gasteiger partial charge < -0.3 is 40.6 Å². The van der Waals surface area contributed by atoms with E-state index in [0.29, 0.717) is 5.57 Å². The summed E-state index contributed by atoms with van der Waals surface area (Å²) in [5.41, 5.74) is -1.38. The summed E-state index contributed by atoms with van der Waals surface area (Å²) in [7, 11) is 0. The van der Waals surface area contributed by atoms with Crippen molar-refractivity contribution in [3.8, 4) is 17.2 Å². The zero-order valence-electron chi connectivity index (χ0n) is 25.0. The van der Waals surface area contributed by atoms with E-state index in [1.54, 1.807) is 0 Å². The largest absolute Gasteiger partial charge is 0.508 e. The van der Waals surface area contributed by atoms with Crippen LogP contribution in [0.2, 0.25) is 0 Å². The fourth-order valence-electron chi connectivity index (χ4n) is 5.20. The maximum atomic E-state index is 13.7. The molecule has 3 amide bonds. The van der Waals surface area contributed by atoms with Crippen LogP contribution in [0.1, 0.15) is 22.0 Å². The first-order valence-corrected chi connectivity index (χ1v) is 16.3. The predicted molar refractivity (Wildman–Crippen MR) is 170 cm³/mol. The van der Waals surface area contributed by atoms with Gasteiger partial charge in [0.1, 0.15) is 52.9 Å². The number of β-lactam (4-membered cyclic amide) rings is 1. The molecule has 7 N–H and O–H groups in total. The smallest absolute Gasteiger partial charge is 0.352 e. The Bertz CT molecular complexity index is 2170. The number of fused-ring (bicyclic) bond motifs is 2. The summed E-state index contributed by atoms with van der Waals surface area (Å²) < 4.78 is 6.33. The molecule has 0 bridgehead atoms. The average molecular weight is 726 g/mol. The number of carbonyl (C=O) groups is 5. The molecule has 0 saturated carbocycles. The molecule has 0 spiro atoms. The number of hydrogen-bond donors (Lipinski definition) is 7. The number of aromatic hydroxyl groups is 3. The highest BCUT2D eigenvalue weighted by Crippen LogP contribution is 2.41. The van der Waals surface area contributed by atoms with Gasteiger partial charge in [-0.25, -0.2) is 9.48 Å². The number of carboxylic acids is 2. The Morgan fingerprint density at radius 2 is 1.78 bits per heavy atom. The molecule has 2 aromatic carbocycles. The van der Waals surface area contributed by atoms with E-state index >= 15 is 0 Å². The van der Waals surface area contributed by atoms with Crippen molar-refractivity contribution >= 4 is 64.2 Å². The Hall–Kier alpha value is -6.09. The molecule has 0 aliphatic carbocycles. The lowest BCUT2D eigenvalue weighted by atomic mass is 10.0. The molecule has 1 saturated heterocycles. The Morgan fingerprint density at radius 1 is 1.06 bits per heavy atom. The Morgan fingerprint density at radius 3 is 2.48 bits per heavy atom. The van der Waals surface area contributed by atoms with Gasteiger partial charge in [-0.2, -0.15) is 0 Å².